The first-order chi connectivity index (χ1) is 5.92. The molecule has 0 radical (unpaired) electrons. The van der Waals surface area contributed by atoms with E-state index in [1.807, 2.05) is 30.3 Å². The molecule has 0 aliphatic heterocycles. The molecule has 1 aromatic carbocycles. The van der Waals surface area contributed by atoms with Crippen molar-refractivity contribution >= 4 is 24.4 Å². The van der Waals surface area contributed by atoms with Gasteiger partial charge in [-0.15, -0.1) is 0 Å². The summed E-state index contributed by atoms with van der Waals surface area (Å²) in [7, 11) is 0. The second kappa shape index (κ2) is 4.65. The van der Waals surface area contributed by atoms with Crippen molar-refractivity contribution in [3.8, 4) is 0 Å². The summed E-state index contributed by atoms with van der Waals surface area (Å²) in [6.45, 7) is 0. The Kier molecular flexibility index (Phi) is 3.78. The molecule has 0 saturated heterocycles. The van der Waals surface area contributed by atoms with Crippen LogP contribution in [0.1, 0.15) is 18.4 Å². The molecular weight excluding hydrogens is 158 g/mol. The summed E-state index contributed by atoms with van der Waals surface area (Å²) in [6.07, 6.45) is 3.04. The van der Waals surface area contributed by atoms with Gasteiger partial charge in [0.1, 0.15) is 0 Å². The molecule has 64 valence electrons. The van der Waals surface area contributed by atoms with Crippen LogP contribution in [0.3, 0.4) is 0 Å². The number of allylic oxidation sites excluding steroid dienone is 1. The van der Waals surface area contributed by atoms with E-state index in [1.54, 1.807) is 0 Å². The normalized spacial score (nSPS) is 16.5. The summed E-state index contributed by atoms with van der Waals surface area (Å²) in [4.78, 5) is 0. The second-order valence-corrected chi connectivity index (χ2v) is 3.20. The minimum absolute atomic E-state index is 0. The van der Waals surface area contributed by atoms with Crippen LogP contribution >= 0.6 is 0 Å². The molecule has 0 aromatic heterocycles. The molecule has 2 rings (SSSR count). The molecular formula is C11H12FLi. The van der Waals surface area contributed by atoms with Crippen LogP contribution in [0.15, 0.2) is 36.7 Å². The number of halogens is 1. The molecule has 1 saturated carbocycles. The van der Waals surface area contributed by atoms with Crippen LogP contribution in [0.25, 0.3) is 5.57 Å². The Balaban J connectivity index is 0.000000845. The zero-order valence-electron chi connectivity index (χ0n) is 6.83. The third kappa shape index (κ3) is 2.46. The predicted molar refractivity (Wildman–Crippen MR) is 55.4 cm³/mol. The Morgan fingerprint density at radius 1 is 1.23 bits per heavy atom. The monoisotopic (exact) mass is 170 g/mol. The topological polar surface area (TPSA) is 0 Å². The van der Waals surface area contributed by atoms with Crippen LogP contribution in [0.2, 0.25) is 0 Å². The zero-order chi connectivity index (χ0) is 8.39. The Labute approximate surface area is 90.0 Å². The van der Waals surface area contributed by atoms with Gasteiger partial charge < -0.3 is 0 Å². The molecule has 1 aliphatic carbocycles. The van der Waals surface area contributed by atoms with Gasteiger partial charge in [0.05, 0.1) is 6.33 Å². The summed E-state index contributed by atoms with van der Waals surface area (Å²) < 4.78 is 12.5. The van der Waals surface area contributed by atoms with Gasteiger partial charge in [0.2, 0.25) is 0 Å². The number of hydrogen-bond donors (Lipinski definition) is 0. The summed E-state index contributed by atoms with van der Waals surface area (Å²) >= 11 is 0. The third-order valence-electron chi connectivity index (χ3n) is 2.24. The molecule has 0 atom stereocenters. The van der Waals surface area contributed by atoms with E-state index in [4.69, 9.17) is 0 Å². The summed E-state index contributed by atoms with van der Waals surface area (Å²) in [6, 6.07) is 9.77. The van der Waals surface area contributed by atoms with E-state index < -0.39 is 0 Å². The van der Waals surface area contributed by atoms with Crippen molar-refractivity contribution in [2.45, 2.75) is 12.8 Å². The van der Waals surface area contributed by atoms with Crippen molar-refractivity contribution in [3.05, 3.63) is 42.2 Å². The quantitative estimate of drug-likeness (QED) is 0.598. The summed E-state index contributed by atoms with van der Waals surface area (Å²) in [5.41, 5.74) is 1.90. The Bertz CT molecular complexity index is 288. The molecule has 0 heterocycles. The third-order valence-corrected chi connectivity index (χ3v) is 2.24. The van der Waals surface area contributed by atoms with E-state index in [0.29, 0.717) is 5.92 Å². The van der Waals surface area contributed by atoms with Crippen LogP contribution in [0.4, 0.5) is 4.39 Å². The molecule has 1 fully saturated rings. The molecule has 13 heavy (non-hydrogen) atoms. The Morgan fingerprint density at radius 2 is 1.85 bits per heavy atom. The molecule has 2 heteroatoms. The molecule has 0 spiro atoms. The fourth-order valence-electron chi connectivity index (χ4n) is 1.41. The van der Waals surface area contributed by atoms with Crippen LogP contribution in [0, 0.1) is 5.92 Å². The first kappa shape index (κ1) is 10.6. The molecule has 0 N–H and O–H groups in total. The van der Waals surface area contributed by atoms with Gasteiger partial charge in [-0.05, 0) is 29.9 Å². The van der Waals surface area contributed by atoms with Crippen molar-refractivity contribution in [2.24, 2.45) is 5.92 Å². The standard InChI is InChI=1S/C11H11F.Li.H/c12-8-11(10-6-7-10)9-4-2-1-3-5-9;;/h1-5,8,10H,6-7H2;;. The van der Waals surface area contributed by atoms with Gasteiger partial charge in [0.15, 0.2) is 0 Å². The van der Waals surface area contributed by atoms with Gasteiger partial charge in [0.25, 0.3) is 0 Å². The van der Waals surface area contributed by atoms with E-state index in [2.05, 4.69) is 0 Å². The van der Waals surface area contributed by atoms with Gasteiger partial charge in [-0.25, -0.2) is 4.39 Å². The van der Waals surface area contributed by atoms with Crippen LogP contribution in [-0.4, -0.2) is 18.9 Å². The average Bonchev–Trinajstić information content (AvgIpc) is 2.92. The van der Waals surface area contributed by atoms with E-state index >= 15 is 0 Å². The van der Waals surface area contributed by atoms with E-state index in [9.17, 15) is 4.39 Å². The van der Waals surface area contributed by atoms with Crippen molar-refractivity contribution in [2.75, 3.05) is 0 Å². The van der Waals surface area contributed by atoms with Gasteiger partial charge in [-0.3, -0.25) is 0 Å². The van der Waals surface area contributed by atoms with Crippen LogP contribution in [-0.2, 0) is 0 Å². The predicted octanol–water partition coefficient (Wildman–Crippen LogP) is 2.76. The molecule has 0 amide bonds. The molecule has 0 bridgehead atoms. The van der Waals surface area contributed by atoms with Gasteiger partial charge in [0, 0.05) is 0 Å². The Hall–Kier alpha value is -0.513. The van der Waals surface area contributed by atoms with E-state index in [-0.39, 0.29) is 18.9 Å². The maximum absolute atomic E-state index is 12.5. The SMILES string of the molecule is FC=C(c1ccccc1)C1CC1.[LiH]. The van der Waals surface area contributed by atoms with Crippen LogP contribution in [0.5, 0.6) is 0 Å². The molecule has 1 aromatic rings. The zero-order valence-corrected chi connectivity index (χ0v) is 6.83. The van der Waals surface area contributed by atoms with Crippen molar-refractivity contribution in [1.82, 2.24) is 0 Å². The Morgan fingerprint density at radius 3 is 2.31 bits per heavy atom. The fraction of sp³-hybridized carbons (Fsp3) is 0.273. The average molecular weight is 170 g/mol. The molecule has 1 aliphatic rings. The van der Waals surface area contributed by atoms with Crippen molar-refractivity contribution < 1.29 is 4.39 Å². The summed E-state index contributed by atoms with van der Waals surface area (Å²) in [5.74, 6) is 0.484. The van der Waals surface area contributed by atoms with Crippen molar-refractivity contribution in [1.29, 1.82) is 0 Å². The van der Waals surface area contributed by atoms with Gasteiger partial charge >= 0.3 is 18.9 Å². The number of rotatable bonds is 2. The fourth-order valence-corrected chi connectivity index (χ4v) is 1.41. The molecule has 0 nitrogen and oxygen atoms in total. The first-order valence-electron chi connectivity index (χ1n) is 4.27. The minimum atomic E-state index is 0. The number of hydrogen-bond acceptors (Lipinski definition) is 0. The van der Waals surface area contributed by atoms with Gasteiger partial charge in [-0.1, -0.05) is 30.3 Å². The summed E-state index contributed by atoms with van der Waals surface area (Å²) in [5, 5.41) is 0. The van der Waals surface area contributed by atoms with E-state index in [0.717, 1.165) is 30.3 Å². The maximum atomic E-state index is 12.5. The van der Waals surface area contributed by atoms with Gasteiger partial charge in [-0.2, -0.15) is 0 Å². The number of benzene rings is 1. The van der Waals surface area contributed by atoms with E-state index in [1.165, 1.54) is 0 Å². The first-order valence-corrected chi connectivity index (χ1v) is 4.27. The molecule has 0 unspecified atom stereocenters. The van der Waals surface area contributed by atoms with Crippen LogP contribution < -0.4 is 0 Å². The van der Waals surface area contributed by atoms with Crippen molar-refractivity contribution in [3.63, 3.8) is 0 Å². The second-order valence-electron chi connectivity index (χ2n) is 3.20.